The predicted octanol–water partition coefficient (Wildman–Crippen LogP) is 0.00640. The summed E-state index contributed by atoms with van der Waals surface area (Å²) in [5, 5.41) is 3.36. The normalized spacial score (nSPS) is 14.3. The number of nitrogens with zero attached hydrogens (tertiary/aromatic N) is 2. The van der Waals surface area contributed by atoms with Crippen molar-refractivity contribution in [2.24, 2.45) is 0 Å². The van der Waals surface area contributed by atoms with Gasteiger partial charge in [0.1, 0.15) is 6.54 Å². The van der Waals surface area contributed by atoms with Crippen molar-refractivity contribution in [3.05, 3.63) is 81.0 Å². The van der Waals surface area contributed by atoms with Gasteiger partial charge in [-0.05, 0) is 17.7 Å². The zero-order valence-electron chi connectivity index (χ0n) is 17.0. The van der Waals surface area contributed by atoms with Crippen molar-refractivity contribution in [1.82, 2.24) is 14.5 Å². The smallest absolute Gasteiger partial charge is 0.332 e. The van der Waals surface area contributed by atoms with Crippen molar-refractivity contribution in [2.45, 2.75) is 25.9 Å². The van der Waals surface area contributed by atoms with Crippen LogP contribution < -0.4 is 21.5 Å². The molecule has 156 valence electrons. The van der Waals surface area contributed by atoms with Crippen molar-refractivity contribution >= 4 is 16.8 Å². The standard InChI is InChI=1S/C23H26N4O3/c28-21(24-12-15-25-13-6-7-14-25)17-26-20-11-5-4-10-19(20)22(29)27(23(26)30)16-18-8-2-1-3-9-18/h1-5,8-11H,6-7,12-17H2,(H,24,28)/p+1. The number of quaternary nitrogens is 1. The van der Waals surface area contributed by atoms with Gasteiger partial charge in [-0.2, -0.15) is 0 Å². The zero-order valence-corrected chi connectivity index (χ0v) is 17.0. The topological polar surface area (TPSA) is 77.5 Å². The van der Waals surface area contributed by atoms with Crippen LogP contribution in [0.5, 0.6) is 0 Å². The molecule has 0 spiro atoms. The highest BCUT2D eigenvalue weighted by Gasteiger charge is 2.17. The van der Waals surface area contributed by atoms with E-state index in [1.807, 2.05) is 30.3 Å². The first-order valence-electron chi connectivity index (χ1n) is 10.5. The minimum atomic E-state index is -0.470. The van der Waals surface area contributed by atoms with Crippen molar-refractivity contribution in [3.8, 4) is 0 Å². The van der Waals surface area contributed by atoms with E-state index in [2.05, 4.69) is 5.32 Å². The molecule has 1 fully saturated rings. The highest BCUT2D eigenvalue weighted by Crippen LogP contribution is 2.08. The van der Waals surface area contributed by atoms with E-state index >= 15 is 0 Å². The van der Waals surface area contributed by atoms with Crippen LogP contribution in [0.15, 0.2) is 64.2 Å². The number of para-hydroxylation sites is 1. The second-order valence-corrected chi connectivity index (χ2v) is 7.82. The Morgan fingerprint density at radius 1 is 0.933 bits per heavy atom. The molecule has 1 amide bonds. The number of likely N-dealkylation sites (tertiary alicyclic amines) is 1. The number of aromatic nitrogens is 2. The van der Waals surface area contributed by atoms with Crippen molar-refractivity contribution in [2.75, 3.05) is 26.2 Å². The number of carbonyl (C=O) groups excluding carboxylic acids is 1. The fourth-order valence-electron chi connectivity index (χ4n) is 4.13. The molecule has 0 bridgehead atoms. The van der Waals surface area contributed by atoms with E-state index in [0.717, 1.165) is 25.2 Å². The molecular formula is C23H27N4O3+. The fourth-order valence-corrected chi connectivity index (χ4v) is 4.13. The molecule has 7 heteroatoms. The summed E-state index contributed by atoms with van der Waals surface area (Å²) in [6.45, 7) is 3.86. The van der Waals surface area contributed by atoms with E-state index < -0.39 is 5.69 Å². The lowest BCUT2D eigenvalue weighted by molar-refractivity contribution is -0.886. The summed E-state index contributed by atoms with van der Waals surface area (Å²) < 4.78 is 2.61. The van der Waals surface area contributed by atoms with Gasteiger partial charge < -0.3 is 10.2 Å². The lowest BCUT2D eigenvalue weighted by Crippen LogP contribution is -3.10. The molecule has 0 atom stereocenters. The van der Waals surface area contributed by atoms with Crippen molar-refractivity contribution < 1.29 is 9.69 Å². The van der Waals surface area contributed by atoms with E-state index in [1.165, 1.54) is 26.9 Å². The molecule has 2 aromatic carbocycles. The van der Waals surface area contributed by atoms with Gasteiger partial charge in [0, 0.05) is 12.8 Å². The van der Waals surface area contributed by atoms with E-state index in [9.17, 15) is 14.4 Å². The lowest BCUT2D eigenvalue weighted by Gasteiger charge is -2.15. The second-order valence-electron chi connectivity index (χ2n) is 7.82. The predicted molar refractivity (Wildman–Crippen MR) is 116 cm³/mol. The monoisotopic (exact) mass is 407 g/mol. The number of rotatable bonds is 7. The Balaban J connectivity index is 1.60. The molecule has 0 radical (unpaired) electrons. The first kappa shape index (κ1) is 20.1. The van der Waals surface area contributed by atoms with Crippen molar-refractivity contribution in [3.63, 3.8) is 0 Å². The Morgan fingerprint density at radius 2 is 1.63 bits per heavy atom. The molecule has 0 unspecified atom stereocenters. The number of carbonyl (C=O) groups is 1. The highest BCUT2D eigenvalue weighted by atomic mass is 16.2. The molecule has 7 nitrogen and oxygen atoms in total. The van der Waals surface area contributed by atoms with Gasteiger partial charge in [-0.1, -0.05) is 42.5 Å². The molecule has 1 aliphatic heterocycles. The van der Waals surface area contributed by atoms with Crippen LogP contribution in [0.3, 0.4) is 0 Å². The first-order chi connectivity index (χ1) is 14.6. The van der Waals surface area contributed by atoms with Gasteiger partial charge in [-0.3, -0.25) is 18.7 Å². The van der Waals surface area contributed by atoms with Gasteiger partial charge >= 0.3 is 5.69 Å². The van der Waals surface area contributed by atoms with Gasteiger partial charge in [0.05, 0.1) is 43.6 Å². The van der Waals surface area contributed by atoms with Crippen LogP contribution in [0.2, 0.25) is 0 Å². The summed E-state index contributed by atoms with van der Waals surface area (Å²) in [6.07, 6.45) is 2.49. The molecule has 0 aliphatic carbocycles. The minimum Gasteiger partial charge on any atom is -0.349 e. The summed E-state index contributed by atoms with van der Waals surface area (Å²) in [6, 6.07) is 16.3. The van der Waals surface area contributed by atoms with Crippen LogP contribution >= 0.6 is 0 Å². The lowest BCUT2D eigenvalue weighted by atomic mass is 10.2. The maximum Gasteiger partial charge on any atom is 0.332 e. The molecular weight excluding hydrogens is 380 g/mol. The molecule has 30 heavy (non-hydrogen) atoms. The Morgan fingerprint density at radius 3 is 2.40 bits per heavy atom. The summed E-state index contributed by atoms with van der Waals surface area (Å²) in [4.78, 5) is 40.2. The molecule has 1 aliphatic rings. The van der Waals surface area contributed by atoms with E-state index in [1.54, 1.807) is 24.3 Å². The third-order valence-electron chi connectivity index (χ3n) is 5.73. The summed E-state index contributed by atoms with van der Waals surface area (Å²) in [5.74, 6) is -0.217. The SMILES string of the molecule is O=C(Cn1c(=O)n(Cc2ccccc2)c(=O)c2ccccc21)NCC[NH+]1CCCC1. The second kappa shape index (κ2) is 9.09. The third kappa shape index (κ3) is 4.36. The maximum atomic E-state index is 13.2. The van der Waals surface area contributed by atoms with Gasteiger partial charge in [-0.25, -0.2) is 4.79 Å². The Hall–Kier alpha value is -3.19. The van der Waals surface area contributed by atoms with Crippen molar-refractivity contribution in [1.29, 1.82) is 0 Å². The zero-order chi connectivity index (χ0) is 20.9. The average Bonchev–Trinajstić information content (AvgIpc) is 3.28. The Bertz CT molecular complexity index is 1140. The largest absolute Gasteiger partial charge is 0.349 e. The van der Waals surface area contributed by atoms with E-state index in [4.69, 9.17) is 0 Å². The number of fused-ring (bicyclic) bond motifs is 1. The van der Waals surface area contributed by atoms with Gasteiger partial charge in [0.15, 0.2) is 0 Å². The first-order valence-corrected chi connectivity index (χ1v) is 10.5. The van der Waals surface area contributed by atoms with Crippen LogP contribution in [-0.2, 0) is 17.9 Å². The molecule has 2 heterocycles. The maximum absolute atomic E-state index is 13.2. The van der Waals surface area contributed by atoms with Crippen LogP contribution in [0.25, 0.3) is 10.9 Å². The molecule has 1 saturated heterocycles. The minimum absolute atomic E-state index is 0.107. The highest BCUT2D eigenvalue weighted by molar-refractivity contribution is 5.81. The van der Waals surface area contributed by atoms with Crippen LogP contribution in [0.1, 0.15) is 18.4 Å². The molecule has 0 saturated carbocycles. The number of hydrogen-bond donors (Lipinski definition) is 2. The van der Waals surface area contributed by atoms with Crippen LogP contribution in [0, 0.1) is 0 Å². The molecule has 4 rings (SSSR count). The van der Waals surface area contributed by atoms with Crippen LogP contribution in [-0.4, -0.2) is 41.2 Å². The van der Waals surface area contributed by atoms with Crippen LogP contribution in [0.4, 0.5) is 0 Å². The Labute approximate surface area is 174 Å². The van der Waals surface area contributed by atoms with E-state index in [-0.39, 0.29) is 24.6 Å². The molecule has 3 aromatic rings. The summed E-state index contributed by atoms with van der Waals surface area (Å²) in [5.41, 5.74) is 0.533. The summed E-state index contributed by atoms with van der Waals surface area (Å²) in [7, 11) is 0. The van der Waals surface area contributed by atoms with Gasteiger partial charge in [0.2, 0.25) is 5.91 Å². The average molecular weight is 407 g/mol. The third-order valence-corrected chi connectivity index (χ3v) is 5.73. The quantitative estimate of drug-likeness (QED) is 0.579. The van der Waals surface area contributed by atoms with Gasteiger partial charge in [-0.15, -0.1) is 0 Å². The number of nitrogens with one attached hydrogen (secondary N) is 2. The number of amides is 1. The Kier molecular flexibility index (Phi) is 6.09. The number of hydrogen-bond acceptors (Lipinski definition) is 3. The molecule has 2 N–H and O–H groups in total. The fraction of sp³-hybridized carbons (Fsp3) is 0.348. The number of benzene rings is 2. The molecule has 1 aromatic heterocycles. The summed E-state index contributed by atoms with van der Waals surface area (Å²) >= 11 is 0. The van der Waals surface area contributed by atoms with E-state index in [0.29, 0.717) is 17.4 Å². The van der Waals surface area contributed by atoms with Gasteiger partial charge in [0.25, 0.3) is 5.56 Å².